The van der Waals surface area contributed by atoms with Gasteiger partial charge in [0.25, 0.3) is 0 Å². The van der Waals surface area contributed by atoms with Crippen molar-refractivity contribution >= 4 is 15.9 Å². The molecule has 0 N–H and O–H groups in total. The zero-order valence-corrected chi connectivity index (χ0v) is 4.71. The summed E-state index contributed by atoms with van der Waals surface area (Å²) in [6, 6.07) is 0. The Labute approximate surface area is 43.7 Å². The Balaban J connectivity index is 2.63. The Hall–Kier alpha value is 0.340. The van der Waals surface area contributed by atoms with Crippen molar-refractivity contribution in [2.45, 2.75) is 12.8 Å². The minimum Gasteiger partial charge on any atom is -0.211 e. The molecule has 0 aliphatic heterocycles. The molecular formula is C3H5BrF2. The molecule has 38 valence electrons. The van der Waals surface area contributed by atoms with E-state index in [-0.39, 0.29) is 6.42 Å². The summed E-state index contributed by atoms with van der Waals surface area (Å²) in [5.74, 6) is 0. The first kappa shape index (κ1) is 6.34. The van der Waals surface area contributed by atoms with Crippen LogP contribution in [0.1, 0.15) is 6.42 Å². The van der Waals surface area contributed by atoms with E-state index in [0.29, 0.717) is 5.33 Å². The van der Waals surface area contributed by atoms with Crippen LogP contribution in [0.25, 0.3) is 0 Å². The topological polar surface area (TPSA) is 0 Å². The normalized spacial score (nSPS) is 10.0. The molecule has 0 fully saturated rings. The van der Waals surface area contributed by atoms with Crippen LogP contribution in [0.2, 0.25) is 0 Å². The third-order valence-corrected chi connectivity index (χ3v) is 0.785. The highest BCUT2D eigenvalue weighted by atomic mass is 79.9. The molecule has 0 atom stereocenters. The Morgan fingerprint density at radius 3 is 2.00 bits per heavy atom. The van der Waals surface area contributed by atoms with Gasteiger partial charge in [0, 0.05) is 11.8 Å². The van der Waals surface area contributed by atoms with Gasteiger partial charge in [0.05, 0.1) is 0 Å². The van der Waals surface area contributed by atoms with Crippen LogP contribution in [0.3, 0.4) is 0 Å². The highest BCUT2D eigenvalue weighted by Crippen LogP contribution is 1.99. The Bertz CT molecular complexity index is 30.0. The van der Waals surface area contributed by atoms with E-state index in [1.54, 1.807) is 0 Å². The van der Waals surface area contributed by atoms with Crippen LogP contribution in [-0.4, -0.2) is 11.8 Å². The minimum atomic E-state index is -2.15. The van der Waals surface area contributed by atoms with Gasteiger partial charge in [-0.25, -0.2) is 8.78 Å². The number of alkyl halides is 3. The molecule has 0 aliphatic rings. The van der Waals surface area contributed by atoms with Crippen LogP contribution in [-0.2, 0) is 0 Å². The predicted octanol–water partition coefficient (Wildman–Crippen LogP) is 2.04. The molecule has 0 saturated heterocycles. The summed E-state index contributed by atoms with van der Waals surface area (Å²) < 4.78 is 22.0. The van der Waals surface area contributed by atoms with Gasteiger partial charge in [-0.2, -0.15) is 0 Å². The monoisotopic (exact) mass is 158 g/mol. The SMILES string of the molecule is FC(F)CCBr. The summed E-state index contributed by atoms with van der Waals surface area (Å²) in [4.78, 5) is 0. The zero-order valence-electron chi connectivity index (χ0n) is 3.13. The number of rotatable bonds is 2. The second-order valence-electron chi connectivity index (χ2n) is 0.869. The quantitative estimate of drug-likeness (QED) is 0.540. The van der Waals surface area contributed by atoms with Gasteiger partial charge in [0.15, 0.2) is 0 Å². The lowest BCUT2D eigenvalue weighted by atomic mass is 10.5. The predicted molar refractivity (Wildman–Crippen MR) is 24.4 cm³/mol. The van der Waals surface area contributed by atoms with E-state index in [0.717, 1.165) is 0 Å². The summed E-state index contributed by atoms with van der Waals surface area (Å²) in [7, 11) is 0. The van der Waals surface area contributed by atoms with Crippen LogP contribution in [0.15, 0.2) is 0 Å². The first-order valence-corrected chi connectivity index (χ1v) is 2.73. The molecule has 0 radical (unpaired) electrons. The maximum atomic E-state index is 11.0. The Morgan fingerprint density at radius 2 is 2.00 bits per heavy atom. The van der Waals surface area contributed by atoms with E-state index < -0.39 is 6.43 Å². The first-order valence-electron chi connectivity index (χ1n) is 1.61. The van der Waals surface area contributed by atoms with Crippen LogP contribution >= 0.6 is 15.9 Å². The molecule has 0 amide bonds. The van der Waals surface area contributed by atoms with Crippen molar-refractivity contribution in [3.63, 3.8) is 0 Å². The first-order chi connectivity index (χ1) is 2.77. The largest absolute Gasteiger partial charge is 0.239 e. The Kier molecular flexibility index (Phi) is 3.73. The van der Waals surface area contributed by atoms with E-state index in [4.69, 9.17) is 0 Å². The lowest BCUT2D eigenvalue weighted by Gasteiger charge is -1.86. The lowest BCUT2D eigenvalue weighted by molar-refractivity contribution is 0.146. The fourth-order valence-corrected chi connectivity index (χ4v) is 0.429. The minimum absolute atomic E-state index is 0.0417. The van der Waals surface area contributed by atoms with Crippen molar-refractivity contribution < 1.29 is 8.78 Å². The van der Waals surface area contributed by atoms with Crippen molar-refractivity contribution in [1.82, 2.24) is 0 Å². The summed E-state index contributed by atoms with van der Waals surface area (Å²) in [6.07, 6.45) is -2.19. The van der Waals surface area contributed by atoms with E-state index in [2.05, 4.69) is 15.9 Å². The molecule has 0 bridgehead atoms. The molecule has 6 heavy (non-hydrogen) atoms. The molecule has 0 aromatic rings. The maximum absolute atomic E-state index is 11.0. The van der Waals surface area contributed by atoms with Crippen LogP contribution in [0.5, 0.6) is 0 Å². The van der Waals surface area contributed by atoms with Crippen LogP contribution in [0, 0.1) is 0 Å². The van der Waals surface area contributed by atoms with E-state index in [9.17, 15) is 8.78 Å². The standard InChI is InChI=1S/C3H5BrF2/c4-2-1-3(5)6/h3H,1-2H2. The summed E-state index contributed by atoms with van der Waals surface area (Å²) in [6.45, 7) is 0. The summed E-state index contributed by atoms with van der Waals surface area (Å²) >= 11 is 2.87. The molecule has 0 spiro atoms. The van der Waals surface area contributed by atoms with Gasteiger partial charge in [0.1, 0.15) is 0 Å². The van der Waals surface area contributed by atoms with Gasteiger partial charge in [-0.1, -0.05) is 15.9 Å². The van der Waals surface area contributed by atoms with E-state index >= 15 is 0 Å². The smallest absolute Gasteiger partial charge is 0.211 e. The third-order valence-electron chi connectivity index (χ3n) is 0.327. The molecule has 0 rings (SSSR count). The zero-order chi connectivity index (χ0) is 4.99. The second kappa shape index (κ2) is 3.53. The lowest BCUT2D eigenvalue weighted by Crippen LogP contribution is -1.87. The van der Waals surface area contributed by atoms with Crippen molar-refractivity contribution in [3.05, 3.63) is 0 Å². The molecule has 0 nitrogen and oxygen atoms in total. The van der Waals surface area contributed by atoms with Gasteiger partial charge >= 0.3 is 0 Å². The van der Waals surface area contributed by atoms with Crippen molar-refractivity contribution in [2.75, 3.05) is 5.33 Å². The van der Waals surface area contributed by atoms with Gasteiger partial charge < -0.3 is 0 Å². The molecule has 0 heterocycles. The summed E-state index contributed by atoms with van der Waals surface area (Å²) in [5, 5.41) is 0.394. The third kappa shape index (κ3) is 4.34. The number of hydrogen-bond acceptors (Lipinski definition) is 0. The van der Waals surface area contributed by atoms with E-state index in [1.165, 1.54) is 0 Å². The van der Waals surface area contributed by atoms with Crippen LogP contribution < -0.4 is 0 Å². The second-order valence-corrected chi connectivity index (χ2v) is 1.66. The van der Waals surface area contributed by atoms with Crippen molar-refractivity contribution in [3.8, 4) is 0 Å². The number of hydrogen-bond donors (Lipinski definition) is 0. The molecule has 0 unspecified atom stereocenters. The van der Waals surface area contributed by atoms with Gasteiger partial charge in [-0.15, -0.1) is 0 Å². The molecule has 0 aromatic heterocycles. The van der Waals surface area contributed by atoms with Gasteiger partial charge in [-0.05, 0) is 0 Å². The summed E-state index contributed by atoms with van der Waals surface area (Å²) in [5.41, 5.74) is 0. The molecule has 0 aliphatic carbocycles. The highest BCUT2D eigenvalue weighted by molar-refractivity contribution is 9.09. The Morgan fingerprint density at radius 1 is 1.50 bits per heavy atom. The maximum Gasteiger partial charge on any atom is 0.239 e. The number of halogens is 3. The highest BCUT2D eigenvalue weighted by Gasteiger charge is 1.96. The molecule has 3 heteroatoms. The molecular weight excluding hydrogens is 154 g/mol. The van der Waals surface area contributed by atoms with Crippen molar-refractivity contribution in [1.29, 1.82) is 0 Å². The van der Waals surface area contributed by atoms with Gasteiger partial charge in [0.2, 0.25) is 6.43 Å². The average Bonchev–Trinajstić information content (AvgIpc) is 1.35. The van der Waals surface area contributed by atoms with Crippen molar-refractivity contribution in [2.24, 2.45) is 0 Å². The van der Waals surface area contributed by atoms with Crippen LogP contribution in [0.4, 0.5) is 8.78 Å². The fourth-order valence-electron chi connectivity index (χ4n) is 0.0825. The average molecular weight is 159 g/mol. The molecule has 0 saturated carbocycles. The van der Waals surface area contributed by atoms with Gasteiger partial charge in [-0.3, -0.25) is 0 Å². The molecule has 0 aromatic carbocycles. The fraction of sp³-hybridized carbons (Fsp3) is 1.00. The van der Waals surface area contributed by atoms with E-state index in [1.807, 2.05) is 0 Å².